The Morgan fingerprint density at radius 3 is 2.88 bits per heavy atom. The third-order valence-corrected chi connectivity index (χ3v) is 4.59. The third kappa shape index (κ3) is 3.88. The van der Waals surface area contributed by atoms with E-state index in [0.717, 1.165) is 11.6 Å². The Hall–Kier alpha value is -2.06. The second-order valence-corrected chi connectivity index (χ2v) is 6.27. The number of benzene rings is 1. The van der Waals surface area contributed by atoms with Gasteiger partial charge in [-0.3, -0.25) is 0 Å². The fraction of sp³-hybridized carbons (Fsp3) is 0.333. The van der Waals surface area contributed by atoms with Gasteiger partial charge in [0.15, 0.2) is 16.8 Å². The van der Waals surface area contributed by atoms with Crippen LogP contribution < -0.4 is 4.74 Å². The van der Waals surface area contributed by atoms with Crippen LogP contribution in [0.2, 0.25) is 5.02 Å². The topological polar surface area (TPSA) is 78.9 Å². The van der Waals surface area contributed by atoms with E-state index in [1.807, 2.05) is 36.7 Å². The van der Waals surface area contributed by atoms with Crippen molar-refractivity contribution in [2.75, 3.05) is 0 Å². The minimum atomic E-state index is 0.286. The number of thioether (sulfide) groups is 1. The number of para-hydroxylation sites is 1. The lowest BCUT2D eigenvalue weighted by atomic mass is 10.3. The van der Waals surface area contributed by atoms with E-state index in [-0.39, 0.29) is 6.61 Å². The second-order valence-electron chi connectivity index (χ2n) is 4.92. The number of aromatic nitrogens is 5. The Morgan fingerprint density at radius 1 is 1.29 bits per heavy atom. The number of nitrogens with zero attached hydrogens (tertiary/aromatic N) is 5. The van der Waals surface area contributed by atoms with Gasteiger partial charge in [-0.25, -0.2) is 0 Å². The molecular formula is C15H16ClN5O2S. The van der Waals surface area contributed by atoms with Crippen molar-refractivity contribution in [1.82, 2.24) is 24.9 Å². The monoisotopic (exact) mass is 365 g/mol. The second kappa shape index (κ2) is 7.67. The van der Waals surface area contributed by atoms with Gasteiger partial charge in [-0.1, -0.05) is 47.6 Å². The van der Waals surface area contributed by atoms with Crippen LogP contribution in [-0.4, -0.2) is 24.9 Å². The average molecular weight is 366 g/mol. The maximum absolute atomic E-state index is 6.07. The zero-order chi connectivity index (χ0) is 16.9. The van der Waals surface area contributed by atoms with Crippen LogP contribution in [0.5, 0.6) is 5.75 Å². The first kappa shape index (κ1) is 16.8. The summed E-state index contributed by atoms with van der Waals surface area (Å²) in [5.41, 5.74) is 0. The summed E-state index contributed by atoms with van der Waals surface area (Å²) in [5, 5.41) is 13.5. The minimum absolute atomic E-state index is 0.286. The van der Waals surface area contributed by atoms with Crippen LogP contribution in [0.15, 0.2) is 33.9 Å². The lowest BCUT2D eigenvalue weighted by Gasteiger charge is -2.07. The molecule has 2 heterocycles. The summed E-state index contributed by atoms with van der Waals surface area (Å²) in [6.07, 6.45) is 0.752. The first-order chi connectivity index (χ1) is 11.7. The number of hydrogen-bond donors (Lipinski definition) is 0. The van der Waals surface area contributed by atoms with Gasteiger partial charge in [-0.2, -0.15) is 4.98 Å². The third-order valence-electron chi connectivity index (χ3n) is 3.27. The number of ether oxygens (including phenoxy) is 1. The lowest BCUT2D eigenvalue weighted by Crippen LogP contribution is -2.04. The first-order valence-corrected chi connectivity index (χ1v) is 8.73. The molecule has 0 saturated heterocycles. The van der Waals surface area contributed by atoms with E-state index in [1.165, 1.54) is 11.8 Å². The van der Waals surface area contributed by atoms with Gasteiger partial charge in [-0.15, -0.1) is 10.2 Å². The fourth-order valence-corrected chi connectivity index (χ4v) is 2.88. The Kier molecular flexibility index (Phi) is 5.37. The maximum atomic E-state index is 6.07. The largest absolute Gasteiger partial charge is 0.484 e. The van der Waals surface area contributed by atoms with E-state index in [0.29, 0.717) is 34.1 Å². The molecule has 126 valence electrons. The van der Waals surface area contributed by atoms with Crippen molar-refractivity contribution in [3.63, 3.8) is 0 Å². The van der Waals surface area contributed by atoms with Gasteiger partial charge in [0, 0.05) is 13.5 Å². The molecule has 0 aliphatic carbocycles. The van der Waals surface area contributed by atoms with Crippen LogP contribution >= 0.6 is 23.4 Å². The smallest absolute Gasteiger partial charge is 0.237 e. The molecule has 0 aliphatic rings. The van der Waals surface area contributed by atoms with E-state index in [4.69, 9.17) is 20.9 Å². The molecule has 2 aromatic heterocycles. The highest BCUT2D eigenvalue weighted by Crippen LogP contribution is 2.25. The Balaban J connectivity index is 1.60. The number of aryl methyl sites for hydroxylation is 1. The quantitative estimate of drug-likeness (QED) is 0.594. The van der Waals surface area contributed by atoms with E-state index in [2.05, 4.69) is 20.3 Å². The molecule has 0 saturated carbocycles. The Bertz CT molecular complexity index is 820. The van der Waals surface area contributed by atoms with Gasteiger partial charge in [0.1, 0.15) is 12.4 Å². The summed E-state index contributed by atoms with van der Waals surface area (Å²) in [7, 11) is 1.89. The molecule has 1 aromatic carbocycles. The summed E-state index contributed by atoms with van der Waals surface area (Å²) in [6, 6.07) is 7.32. The summed E-state index contributed by atoms with van der Waals surface area (Å²) in [6.45, 7) is 2.27. The van der Waals surface area contributed by atoms with Gasteiger partial charge in [-0.05, 0) is 12.1 Å². The van der Waals surface area contributed by atoms with Crippen LogP contribution in [0.25, 0.3) is 0 Å². The molecule has 0 amide bonds. The normalized spacial score (nSPS) is 11.0. The van der Waals surface area contributed by atoms with Crippen molar-refractivity contribution in [2.24, 2.45) is 7.05 Å². The van der Waals surface area contributed by atoms with E-state index in [1.54, 1.807) is 6.07 Å². The highest BCUT2D eigenvalue weighted by atomic mass is 35.5. The molecule has 0 atom stereocenters. The van der Waals surface area contributed by atoms with Crippen LogP contribution in [0.4, 0.5) is 0 Å². The molecule has 0 bridgehead atoms. The van der Waals surface area contributed by atoms with E-state index in [9.17, 15) is 0 Å². The van der Waals surface area contributed by atoms with Crippen LogP contribution in [0.1, 0.15) is 24.5 Å². The molecule has 0 fully saturated rings. The molecule has 3 rings (SSSR count). The fourth-order valence-electron chi connectivity index (χ4n) is 1.92. The standard InChI is InChI=1S/C15H16ClN5O2S/c1-3-12-17-14(23-20-12)9-24-15-19-18-13(21(15)2)8-22-11-7-5-4-6-10(11)16/h4-7H,3,8-9H2,1-2H3. The molecule has 0 N–H and O–H groups in total. The molecule has 24 heavy (non-hydrogen) atoms. The van der Waals surface area contributed by atoms with Crippen molar-refractivity contribution in [2.45, 2.75) is 30.9 Å². The van der Waals surface area contributed by atoms with Crippen molar-refractivity contribution < 1.29 is 9.26 Å². The van der Waals surface area contributed by atoms with Gasteiger partial charge >= 0.3 is 0 Å². The maximum Gasteiger partial charge on any atom is 0.237 e. The predicted molar refractivity (Wildman–Crippen MR) is 90.0 cm³/mol. The SMILES string of the molecule is CCc1noc(CSc2nnc(COc3ccccc3Cl)n2C)n1. The van der Waals surface area contributed by atoms with Crippen LogP contribution in [0.3, 0.4) is 0 Å². The van der Waals surface area contributed by atoms with Gasteiger partial charge in [0.05, 0.1) is 10.8 Å². The van der Waals surface area contributed by atoms with Gasteiger partial charge in [0.25, 0.3) is 0 Å². The highest BCUT2D eigenvalue weighted by molar-refractivity contribution is 7.98. The Labute approximate surface area is 148 Å². The molecular weight excluding hydrogens is 350 g/mol. The molecule has 3 aromatic rings. The minimum Gasteiger partial charge on any atom is -0.484 e. The summed E-state index contributed by atoms with van der Waals surface area (Å²) < 4.78 is 12.7. The number of halogens is 1. The van der Waals surface area contributed by atoms with E-state index >= 15 is 0 Å². The van der Waals surface area contributed by atoms with Crippen LogP contribution in [0, 0.1) is 0 Å². The Morgan fingerprint density at radius 2 is 2.12 bits per heavy atom. The van der Waals surface area contributed by atoms with Gasteiger partial charge in [0.2, 0.25) is 5.89 Å². The average Bonchev–Trinajstić information content (AvgIpc) is 3.19. The van der Waals surface area contributed by atoms with E-state index < -0.39 is 0 Å². The van der Waals surface area contributed by atoms with Crippen LogP contribution in [-0.2, 0) is 25.8 Å². The molecule has 0 aliphatic heterocycles. The molecule has 0 spiro atoms. The summed E-state index contributed by atoms with van der Waals surface area (Å²) in [4.78, 5) is 4.27. The zero-order valence-electron chi connectivity index (χ0n) is 13.3. The summed E-state index contributed by atoms with van der Waals surface area (Å²) >= 11 is 7.55. The molecule has 9 heteroatoms. The van der Waals surface area contributed by atoms with Crippen molar-refractivity contribution in [3.05, 3.63) is 46.8 Å². The lowest BCUT2D eigenvalue weighted by molar-refractivity contribution is 0.290. The van der Waals surface area contributed by atoms with Crippen molar-refractivity contribution in [3.8, 4) is 5.75 Å². The predicted octanol–water partition coefficient (Wildman–Crippen LogP) is 3.29. The van der Waals surface area contributed by atoms with Gasteiger partial charge < -0.3 is 13.8 Å². The first-order valence-electron chi connectivity index (χ1n) is 7.37. The van der Waals surface area contributed by atoms with Crippen molar-refractivity contribution in [1.29, 1.82) is 0 Å². The molecule has 0 radical (unpaired) electrons. The zero-order valence-corrected chi connectivity index (χ0v) is 14.8. The number of hydrogen-bond acceptors (Lipinski definition) is 7. The highest BCUT2D eigenvalue weighted by Gasteiger charge is 2.13. The summed E-state index contributed by atoms with van der Waals surface area (Å²) in [5.74, 6) is 3.15. The molecule has 7 nitrogen and oxygen atoms in total. The van der Waals surface area contributed by atoms with Crippen molar-refractivity contribution >= 4 is 23.4 Å². The number of rotatable bonds is 7. The molecule has 0 unspecified atom stereocenters.